The number of ether oxygens (including phenoxy) is 1. The third-order valence-electron chi connectivity index (χ3n) is 5.02. The van der Waals surface area contributed by atoms with Crippen molar-refractivity contribution in [2.24, 2.45) is 0 Å². The quantitative estimate of drug-likeness (QED) is 0.675. The zero-order chi connectivity index (χ0) is 20.2. The molecule has 1 heterocycles. The van der Waals surface area contributed by atoms with E-state index in [0.29, 0.717) is 24.9 Å². The average molecular weight is 377 g/mol. The smallest absolute Gasteiger partial charge is 0.348 e. The highest BCUT2D eigenvalue weighted by Gasteiger charge is 2.51. The molecule has 148 valence electrons. The summed E-state index contributed by atoms with van der Waals surface area (Å²) >= 11 is 0. The Balaban J connectivity index is 2.28. The molecule has 1 aliphatic heterocycles. The highest BCUT2D eigenvalue weighted by molar-refractivity contribution is 6.02. The predicted molar refractivity (Wildman–Crippen MR) is 99.8 cm³/mol. The Labute approximate surface area is 158 Å². The number of benzene rings is 1. The molecule has 0 saturated carbocycles. The maximum Gasteiger partial charge on any atom is 0.348 e. The van der Waals surface area contributed by atoms with Gasteiger partial charge in [0, 0.05) is 25.1 Å². The van der Waals surface area contributed by atoms with Gasteiger partial charge in [0.05, 0.1) is 5.60 Å². The number of hydrogen-bond donors (Lipinski definition) is 2. The van der Waals surface area contributed by atoms with Gasteiger partial charge >= 0.3 is 11.9 Å². The van der Waals surface area contributed by atoms with E-state index in [2.05, 4.69) is 0 Å². The van der Waals surface area contributed by atoms with Crippen LogP contribution in [0.1, 0.15) is 52.0 Å². The first-order chi connectivity index (χ1) is 12.6. The molecular weight excluding hydrogens is 350 g/mol. The lowest BCUT2D eigenvalue weighted by molar-refractivity contribution is -0.202. The Morgan fingerprint density at radius 3 is 2.19 bits per heavy atom. The zero-order valence-electron chi connectivity index (χ0n) is 16.0. The second kappa shape index (κ2) is 8.08. The van der Waals surface area contributed by atoms with Gasteiger partial charge in [0.15, 0.2) is 0 Å². The van der Waals surface area contributed by atoms with Crippen LogP contribution in [0.5, 0.6) is 0 Å². The zero-order valence-corrected chi connectivity index (χ0v) is 16.0. The van der Waals surface area contributed by atoms with Gasteiger partial charge in [-0.15, -0.1) is 0 Å². The van der Waals surface area contributed by atoms with Crippen LogP contribution in [0.3, 0.4) is 0 Å². The van der Waals surface area contributed by atoms with Crippen LogP contribution in [-0.4, -0.2) is 45.8 Å². The molecule has 1 aromatic carbocycles. The van der Waals surface area contributed by atoms with Crippen molar-refractivity contribution in [1.29, 1.82) is 0 Å². The van der Waals surface area contributed by atoms with Gasteiger partial charge in [-0.05, 0) is 50.8 Å². The molecule has 1 aromatic rings. The number of piperidine rings is 1. The van der Waals surface area contributed by atoms with E-state index in [4.69, 9.17) is 4.74 Å². The van der Waals surface area contributed by atoms with Crippen molar-refractivity contribution in [3.05, 3.63) is 29.8 Å². The van der Waals surface area contributed by atoms with E-state index in [1.165, 1.54) is 0 Å². The van der Waals surface area contributed by atoms with Crippen LogP contribution < -0.4 is 4.90 Å². The van der Waals surface area contributed by atoms with Crippen LogP contribution in [0.15, 0.2) is 24.3 Å². The molecule has 0 spiro atoms. The summed E-state index contributed by atoms with van der Waals surface area (Å²) in [5.74, 6) is -3.01. The van der Waals surface area contributed by atoms with E-state index in [9.17, 15) is 24.6 Å². The fourth-order valence-corrected chi connectivity index (χ4v) is 3.07. The number of amides is 1. The highest BCUT2D eigenvalue weighted by atomic mass is 16.6. The first-order valence-corrected chi connectivity index (χ1v) is 9.17. The molecule has 1 saturated heterocycles. The number of rotatable bonds is 8. The topological polar surface area (TPSA) is 104 Å². The second-order valence-corrected chi connectivity index (χ2v) is 7.50. The maximum atomic E-state index is 12.0. The lowest BCUT2D eigenvalue weighted by Gasteiger charge is -2.34. The number of hydrogen-bond acceptors (Lipinski definition) is 4. The molecular formula is C20H27NO6. The summed E-state index contributed by atoms with van der Waals surface area (Å²) in [6, 6.07) is 6.75. The van der Waals surface area contributed by atoms with E-state index in [1.807, 2.05) is 0 Å². The molecule has 1 aliphatic rings. The number of carbonyl (C=O) groups is 3. The summed E-state index contributed by atoms with van der Waals surface area (Å²) < 4.78 is 5.60. The number of anilines is 1. The fourth-order valence-electron chi connectivity index (χ4n) is 3.07. The molecule has 7 heteroatoms. The van der Waals surface area contributed by atoms with Gasteiger partial charge in [-0.3, -0.25) is 4.79 Å². The predicted octanol–water partition coefficient (Wildman–Crippen LogP) is 2.86. The summed E-state index contributed by atoms with van der Waals surface area (Å²) in [5.41, 5.74) is -2.03. The minimum atomic E-state index is -2.37. The molecule has 1 amide bonds. The van der Waals surface area contributed by atoms with Gasteiger partial charge in [0.1, 0.15) is 0 Å². The second-order valence-electron chi connectivity index (χ2n) is 7.50. The molecule has 1 fully saturated rings. The van der Waals surface area contributed by atoms with E-state index >= 15 is 0 Å². The lowest BCUT2D eigenvalue weighted by Crippen LogP contribution is -2.55. The van der Waals surface area contributed by atoms with Crippen molar-refractivity contribution in [1.82, 2.24) is 0 Å². The normalized spacial score (nSPS) is 15.7. The van der Waals surface area contributed by atoms with Crippen LogP contribution in [-0.2, 0) is 25.5 Å². The Morgan fingerprint density at radius 1 is 1.11 bits per heavy atom. The van der Waals surface area contributed by atoms with Gasteiger partial charge in [0.2, 0.25) is 5.91 Å². The maximum absolute atomic E-state index is 12.0. The summed E-state index contributed by atoms with van der Waals surface area (Å²) in [6.07, 6.45) is 2.50. The van der Waals surface area contributed by atoms with Gasteiger partial charge in [0.25, 0.3) is 5.60 Å². The number of carbonyl (C=O) groups excluding carboxylic acids is 1. The summed E-state index contributed by atoms with van der Waals surface area (Å²) in [7, 11) is 0. The third-order valence-corrected chi connectivity index (χ3v) is 5.02. The monoisotopic (exact) mass is 377 g/mol. The van der Waals surface area contributed by atoms with Gasteiger partial charge in [-0.1, -0.05) is 19.1 Å². The summed E-state index contributed by atoms with van der Waals surface area (Å²) in [4.78, 5) is 37.4. The fraction of sp³-hybridized carbons (Fsp3) is 0.550. The Morgan fingerprint density at radius 2 is 1.70 bits per heavy atom. The van der Waals surface area contributed by atoms with E-state index in [-0.39, 0.29) is 12.3 Å². The summed E-state index contributed by atoms with van der Waals surface area (Å²) in [6.45, 7) is 5.79. The van der Waals surface area contributed by atoms with Crippen molar-refractivity contribution in [2.45, 2.75) is 64.1 Å². The number of aliphatic carboxylic acids is 2. The van der Waals surface area contributed by atoms with Crippen molar-refractivity contribution < 1.29 is 29.3 Å². The van der Waals surface area contributed by atoms with E-state index < -0.39 is 23.1 Å². The number of nitrogens with zero attached hydrogens (tertiary/aromatic N) is 1. The van der Waals surface area contributed by atoms with E-state index in [1.54, 1.807) is 49.9 Å². The Kier molecular flexibility index (Phi) is 6.26. The largest absolute Gasteiger partial charge is 0.479 e. The first-order valence-electron chi connectivity index (χ1n) is 9.17. The molecule has 0 aliphatic carbocycles. The molecule has 2 N–H and O–H groups in total. The van der Waals surface area contributed by atoms with Crippen molar-refractivity contribution in [3.63, 3.8) is 0 Å². The van der Waals surface area contributed by atoms with Crippen LogP contribution in [0, 0.1) is 0 Å². The Hall–Kier alpha value is -2.41. The summed E-state index contributed by atoms with van der Waals surface area (Å²) in [5, 5.41) is 19.3. The first kappa shape index (κ1) is 20.9. The van der Waals surface area contributed by atoms with Crippen molar-refractivity contribution in [2.75, 3.05) is 11.4 Å². The van der Waals surface area contributed by atoms with Crippen LogP contribution >= 0.6 is 0 Å². The minimum Gasteiger partial charge on any atom is -0.479 e. The third kappa shape index (κ3) is 4.66. The van der Waals surface area contributed by atoms with Gasteiger partial charge in [-0.25, -0.2) is 9.59 Å². The molecule has 7 nitrogen and oxygen atoms in total. The standard InChI is InChI=1S/C20H27NO6/c1-4-19(2,3)27-20(17(23)24,18(25)26)13-14-8-10-15(11-9-14)21-12-6-5-7-16(21)22/h8-11H,4-7,12-13H2,1-3H3,(H,23,24)(H,25,26). The molecule has 0 atom stereocenters. The SMILES string of the molecule is CCC(C)(C)OC(Cc1ccc(N2CCCCC2=O)cc1)(C(=O)O)C(=O)O. The van der Waals surface area contributed by atoms with Gasteiger partial charge in [-0.2, -0.15) is 0 Å². The van der Waals surface area contributed by atoms with E-state index in [0.717, 1.165) is 18.5 Å². The average Bonchev–Trinajstić information content (AvgIpc) is 2.62. The number of carboxylic acids is 2. The Bertz CT molecular complexity index is 696. The molecule has 0 radical (unpaired) electrons. The molecule has 0 unspecified atom stereocenters. The van der Waals surface area contributed by atoms with Crippen LogP contribution in [0.25, 0.3) is 0 Å². The highest BCUT2D eigenvalue weighted by Crippen LogP contribution is 2.29. The number of carboxylic acid groups (broad SMARTS) is 2. The minimum absolute atomic E-state index is 0.0625. The lowest BCUT2D eigenvalue weighted by atomic mass is 9.92. The molecule has 0 bridgehead atoms. The van der Waals surface area contributed by atoms with Gasteiger partial charge < -0.3 is 19.8 Å². The molecule has 2 rings (SSSR count). The van der Waals surface area contributed by atoms with Crippen LogP contribution in [0.4, 0.5) is 5.69 Å². The van der Waals surface area contributed by atoms with Crippen LogP contribution in [0.2, 0.25) is 0 Å². The molecule has 0 aromatic heterocycles. The molecule has 27 heavy (non-hydrogen) atoms. The van der Waals surface area contributed by atoms with Crippen molar-refractivity contribution in [3.8, 4) is 0 Å². The van der Waals surface area contributed by atoms with Crippen molar-refractivity contribution >= 4 is 23.5 Å².